The molecule has 1 aliphatic heterocycles. The van der Waals surface area contributed by atoms with E-state index in [1.54, 1.807) is 0 Å². The molecule has 0 saturated carbocycles. The Morgan fingerprint density at radius 2 is 1.02 bits per heavy atom. The van der Waals surface area contributed by atoms with Gasteiger partial charge >= 0.3 is 11.9 Å². The van der Waals surface area contributed by atoms with Crippen LogP contribution in [0.3, 0.4) is 0 Å². The first-order valence-corrected chi connectivity index (χ1v) is 17.8. The summed E-state index contributed by atoms with van der Waals surface area (Å²) in [7, 11) is 7.69. The summed E-state index contributed by atoms with van der Waals surface area (Å²) in [5, 5.41) is 0. The van der Waals surface area contributed by atoms with E-state index in [4.69, 9.17) is 23.7 Å². The Balaban J connectivity index is 2.79. The smallest absolute Gasteiger partial charge is 0.309 e. The third kappa shape index (κ3) is 20.7. The average Bonchev–Trinajstić information content (AvgIpc) is 3.31. The van der Waals surface area contributed by atoms with Crippen molar-refractivity contribution in [3.8, 4) is 0 Å². The van der Waals surface area contributed by atoms with Crippen molar-refractivity contribution in [3.63, 3.8) is 0 Å². The highest BCUT2D eigenvalue weighted by molar-refractivity contribution is 5.70. The summed E-state index contributed by atoms with van der Waals surface area (Å²) < 4.78 is 30.4. The van der Waals surface area contributed by atoms with E-state index in [0.717, 1.165) is 25.7 Å². The Morgan fingerprint density at radius 1 is 0.591 bits per heavy atom. The van der Waals surface area contributed by atoms with Gasteiger partial charge in [0.2, 0.25) is 6.29 Å². The molecule has 0 aromatic heterocycles. The van der Waals surface area contributed by atoms with Crippen molar-refractivity contribution in [2.75, 3.05) is 61.1 Å². The highest BCUT2D eigenvalue weighted by atomic mass is 16.7. The molecular formula is C35H68N2O7. The zero-order valence-corrected chi connectivity index (χ0v) is 29.3. The lowest BCUT2D eigenvalue weighted by Gasteiger charge is -2.25. The summed E-state index contributed by atoms with van der Waals surface area (Å²) in [5.41, 5.74) is 0. The summed E-state index contributed by atoms with van der Waals surface area (Å²) in [4.78, 5) is 29.0. The minimum atomic E-state index is -0.896. The molecule has 1 unspecified atom stereocenters. The minimum Gasteiger partial charge on any atom is -0.463 e. The standard InChI is InChI=1S/C35H68N2O7/c1-7-9-11-13-15-17-19-21-27-40-33-30(29-42-31(38)23-25-36(3)4)43-35(44-32(39)24-26-37(5)6)34(33)41-28-22-20-18-16-14-12-10-8-2/h30,33-35H,7-29H2,1-6H3/t30-,33+,34?,35+/m1/s1. The predicted octanol–water partition coefficient (Wildman–Crippen LogP) is 6.75. The highest BCUT2D eigenvalue weighted by Gasteiger charge is 2.49. The Bertz CT molecular complexity index is 707. The van der Waals surface area contributed by atoms with Gasteiger partial charge in [-0.15, -0.1) is 0 Å². The maximum atomic E-state index is 12.7. The van der Waals surface area contributed by atoms with Crippen LogP contribution in [0.5, 0.6) is 0 Å². The highest BCUT2D eigenvalue weighted by Crippen LogP contribution is 2.29. The number of hydrogen-bond donors (Lipinski definition) is 0. The number of hydrogen-bond acceptors (Lipinski definition) is 9. The molecule has 1 saturated heterocycles. The van der Waals surface area contributed by atoms with Gasteiger partial charge in [0.1, 0.15) is 24.9 Å². The number of rotatable bonds is 29. The summed E-state index contributed by atoms with van der Waals surface area (Å²) in [6.07, 6.45) is 17.4. The molecule has 0 aromatic carbocycles. The molecule has 0 bridgehead atoms. The van der Waals surface area contributed by atoms with Crippen LogP contribution in [-0.2, 0) is 33.3 Å². The molecule has 260 valence electrons. The van der Waals surface area contributed by atoms with Gasteiger partial charge < -0.3 is 33.5 Å². The van der Waals surface area contributed by atoms with Crippen LogP contribution in [0.2, 0.25) is 0 Å². The molecular weight excluding hydrogens is 560 g/mol. The third-order valence-electron chi connectivity index (χ3n) is 8.07. The van der Waals surface area contributed by atoms with Crippen molar-refractivity contribution in [2.24, 2.45) is 0 Å². The van der Waals surface area contributed by atoms with E-state index < -0.39 is 24.6 Å². The van der Waals surface area contributed by atoms with E-state index >= 15 is 0 Å². The summed E-state index contributed by atoms with van der Waals surface area (Å²) in [6.45, 7) is 6.82. The number of unbranched alkanes of at least 4 members (excludes halogenated alkanes) is 14. The third-order valence-corrected chi connectivity index (χ3v) is 8.07. The molecule has 4 atom stereocenters. The summed E-state index contributed by atoms with van der Waals surface area (Å²) >= 11 is 0. The van der Waals surface area contributed by atoms with Crippen molar-refractivity contribution in [2.45, 2.75) is 154 Å². The lowest BCUT2D eigenvalue weighted by atomic mass is 10.1. The molecule has 1 aliphatic rings. The van der Waals surface area contributed by atoms with Gasteiger partial charge in [0.15, 0.2) is 0 Å². The van der Waals surface area contributed by atoms with Crippen LogP contribution in [0.15, 0.2) is 0 Å². The quantitative estimate of drug-likeness (QED) is 0.0659. The molecule has 9 nitrogen and oxygen atoms in total. The van der Waals surface area contributed by atoms with Crippen LogP contribution < -0.4 is 0 Å². The zero-order chi connectivity index (χ0) is 32.4. The summed E-state index contributed by atoms with van der Waals surface area (Å²) in [6, 6.07) is 0. The van der Waals surface area contributed by atoms with Crippen molar-refractivity contribution in [1.29, 1.82) is 0 Å². The number of carbonyl (C=O) groups excluding carboxylic acids is 2. The molecule has 1 fully saturated rings. The van der Waals surface area contributed by atoms with Gasteiger partial charge in [0, 0.05) is 26.3 Å². The van der Waals surface area contributed by atoms with Gasteiger partial charge in [-0.25, -0.2) is 0 Å². The van der Waals surface area contributed by atoms with Crippen LogP contribution in [0, 0.1) is 0 Å². The Hall–Kier alpha value is -1.26. The van der Waals surface area contributed by atoms with Crippen LogP contribution in [0.4, 0.5) is 0 Å². The van der Waals surface area contributed by atoms with Crippen molar-refractivity contribution < 1.29 is 33.3 Å². The maximum absolute atomic E-state index is 12.7. The molecule has 0 amide bonds. The number of nitrogens with zero attached hydrogens (tertiary/aromatic N) is 2. The first-order valence-electron chi connectivity index (χ1n) is 17.8. The van der Waals surface area contributed by atoms with Crippen LogP contribution in [0.1, 0.15) is 129 Å². The molecule has 1 heterocycles. The molecule has 9 heteroatoms. The monoisotopic (exact) mass is 629 g/mol. The molecule has 0 N–H and O–H groups in total. The number of ether oxygens (including phenoxy) is 5. The molecule has 0 radical (unpaired) electrons. The number of esters is 2. The van der Waals surface area contributed by atoms with E-state index in [2.05, 4.69) is 13.8 Å². The first kappa shape index (κ1) is 40.8. The maximum Gasteiger partial charge on any atom is 0.309 e. The van der Waals surface area contributed by atoms with E-state index in [-0.39, 0.29) is 25.0 Å². The van der Waals surface area contributed by atoms with E-state index in [9.17, 15) is 9.59 Å². The lowest BCUT2D eigenvalue weighted by molar-refractivity contribution is -0.197. The van der Waals surface area contributed by atoms with Crippen LogP contribution >= 0.6 is 0 Å². The largest absolute Gasteiger partial charge is 0.463 e. The van der Waals surface area contributed by atoms with Crippen LogP contribution in [-0.4, -0.2) is 107 Å². The molecule has 44 heavy (non-hydrogen) atoms. The SMILES string of the molecule is CCCCCCCCCCOC1[C@H](OC(=O)CCN(C)C)O[C@H](COC(=O)CCN(C)C)[C@@H]1OCCCCCCCCCC. The molecule has 0 spiro atoms. The minimum absolute atomic E-state index is 0.0394. The lowest BCUT2D eigenvalue weighted by Crippen LogP contribution is -2.41. The molecule has 1 rings (SSSR count). The Kier molecular flexibility index (Phi) is 24.9. The second-order valence-electron chi connectivity index (χ2n) is 12.9. The van der Waals surface area contributed by atoms with Gasteiger partial charge in [0.25, 0.3) is 0 Å². The first-order chi connectivity index (χ1) is 21.3. The van der Waals surface area contributed by atoms with Gasteiger partial charge in [0.05, 0.1) is 12.8 Å². The number of carbonyl (C=O) groups is 2. The second-order valence-corrected chi connectivity index (χ2v) is 12.9. The Labute approximate surface area is 270 Å². The van der Waals surface area contributed by atoms with Gasteiger partial charge in [-0.1, -0.05) is 104 Å². The normalized spacial score (nSPS) is 20.1. The summed E-state index contributed by atoms with van der Waals surface area (Å²) in [5.74, 6) is -0.623. The predicted molar refractivity (Wildman–Crippen MR) is 177 cm³/mol. The average molecular weight is 629 g/mol. The van der Waals surface area contributed by atoms with E-state index in [1.807, 2.05) is 38.0 Å². The van der Waals surface area contributed by atoms with Gasteiger partial charge in [-0.05, 0) is 41.0 Å². The van der Waals surface area contributed by atoms with E-state index in [1.165, 1.54) is 77.0 Å². The fraction of sp³-hybridized carbons (Fsp3) is 0.943. The van der Waals surface area contributed by atoms with Crippen molar-refractivity contribution in [1.82, 2.24) is 9.80 Å². The topological polar surface area (TPSA) is 86.8 Å². The zero-order valence-electron chi connectivity index (χ0n) is 29.3. The molecule has 0 aromatic rings. The van der Waals surface area contributed by atoms with Crippen molar-refractivity contribution >= 4 is 11.9 Å². The fourth-order valence-corrected chi connectivity index (χ4v) is 5.27. The van der Waals surface area contributed by atoms with E-state index in [0.29, 0.717) is 32.7 Å². The van der Waals surface area contributed by atoms with Gasteiger partial charge in [-0.3, -0.25) is 9.59 Å². The fourth-order valence-electron chi connectivity index (χ4n) is 5.27. The molecule has 0 aliphatic carbocycles. The Morgan fingerprint density at radius 3 is 1.50 bits per heavy atom. The second kappa shape index (κ2) is 26.9. The van der Waals surface area contributed by atoms with Crippen molar-refractivity contribution in [3.05, 3.63) is 0 Å². The van der Waals surface area contributed by atoms with Crippen LogP contribution in [0.25, 0.3) is 0 Å². The van der Waals surface area contributed by atoms with Gasteiger partial charge in [-0.2, -0.15) is 0 Å².